The summed E-state index contributed by atoms with van der Waals surface area (Å²) in [6.07, 6.45) is 0. The van der Waals surface area contributed by atoms with E-state index in [1.165, 1.54) is 16.4 Å². The van der Waals surface area contributed by atoms with Gasteiger partial charge < -0.3 is 9.80 Å². The van der Waals surface area contributed by atoms with Gasteiger partial charge in [0.2, 0.25) is 10.0 Å². The van der Waals surface area contributed by atoms with Crippen molar-refractivity contribution >= 4 is 27.4 Å². The summed E-state index contributed by atoms with van der Waals surface area (Å²) in [7, 11) is -3.44. The van der Waals surface area contributed by atoms with Crippen LogP contribution >= 0.6 is 0 Å². The predicted molar refractivity (Wildman–Crippen MR) is 123 cm³/mol. The minimum atomic E-state index is -3.44. The van der Waals surface area contributed by atoms with Gasteiger partial charge in [-0.1, -0.05) is 13.0 Å². The maximum atomic E-state index is 14.8. The average molecular weight is 461 g/mol. The first-order chi connectivity index (χ1) is 15.1. The molecule has 7 nitrogen and oxygen atoms in total. The van der Waals surface area contributed by atoms with Gasteiger partial charge in [-0.25, -0.2) is 17.8 Å². The van der Waals surface area contributed by atoms with Gasteiger partial charge in [0.15, 0.2) is 0 Å². The molecular formula is C23H29FN4O3S. The Morgan fingerprint density at radius 3 is 2.34 bits per heavy atom. The van der Waals surface area contributed by atoms with Gasteiger partial charge in [-0.15, -0.1) is 0 Å². The van der Waals surface area contributed by atoms with E-state index in [9.17, 15) is 17.6 Å². The lowest BCUT2D eigenvalue weighted by molar-refractivity contribution is 0.0742. The zero-order chi connectivity index (χ0) is 23.2. The number of anilines is 2. The van der Waals surface area contributed by atoms with Gasteiger partial charge in [0.05, 0.1) is 17.0 Å². The highest BCUT2D eigenvalue weighted by Crippen LogP contribution is 2.29. The number of aromatic nitrogens is 1. The van der Waals surface area contributed by atoms with Crippen LogP contribution in [0.3, 0.4) is 0 Å². The Bertz CT molecular complexity index is 1160. The molecule has 0 radical (unpaired) electrons. The Hall–Kier alpha value is -2.68. The summed E-state index contributed by atoms with van der Waals surface area (Å²) < 4.78 is 40.6. The van der Waals surface area contributed by atoms with Crippen molar-refractivity contribution in [2.75, 3.05) is 47.7 Å². The Morgan fingerprint density at radius 1 is 1.06 bits per heavy atom. The number of nitrogens with zero attached hydrogens (tertiary/aromatic N) is 4. The maximum Gasteiger partial charge on any atom is 0.256 e. The van der Waals surface area contributed by atoms with E-state index in [0.29, 0.717) is 32.7 Å². The molecule has 1 aromatic carbocycles. The second-order valence-corrected chi connectivity index (χ2v) is 10.8. The molecule has 3 heterocycles. The molecule has 2 aliphatic heterocycles. The van der Waals surface area contributed by atoms with Gasteiger partial charge in [0.1, 0.15) is 11.6 Å². The average Bonchev–Trinajstić information content (AvgIpc) is 3.02. The van der Waals surface area contributed by atoms with Crippen LogP contribution in [0, 0.1) is 32.5 Å². The second kappa shape index (κ2) is 8.35. The Balaban J connectivity index is 1.46. The van der Waals surface area contributed by atoms with E-state index >= 15 is 0 Å². The van der Waals surface area contributed by atoms with Crippen molar-refractivity contribution < 1.29 is 17.6 Å². The van der Waals surface area contributed by atoms with E-state index in [1.807, 2.05) is 27.7 Å². The van der Waals surface area contributed by atoms with Crippen molar-refractivity contribution in [1.29, 1.82) is 0 Å². The fourth-order valence-electron chi connectivity index (χ4n) is 4.44. The van der Waals surface area contributed by atoms with Gasteiger partial charge in [-0.2, -0.15) is 0 Å². The molecule has 1 aromatic heterocycles. The quantitative estimate of drug-likeness (QED) is 0.704. The van der Waals surface area contributed by atoms with Gasteiger partial charge >= 0.3 is 0 Å². The number of pyridine rings is 1. The molecule has 9 heteroatoms. The number of hydrogen-bond acceptors (Lipinski definition) is 5. The van der Waals surface area contributed by atoms with Gasteiger partial charge in [0.25, 0.3) is 5.91 Å². The number of hydrogen-bond donors (Lipinski definition) is 0. The van der Waals surface area contributed by atoms with Gasteiger partial charge in [0, 0.05) is 38.4 Å². The normalized spacial score (nSPS) is 20.7. The third kappa shape index (κ3) is 4.18. The largest absolute Gasteiger partial charge is 0.353 e. The highest BCUT2D eigenvalue weighted by atomic mass is 32.2. The van der Waals surface area contributed by atoms with Crippen molar-refractivity contribution in [3.8, 4) is 0 Å². The number of rotatable bonds is 3. The molecule has 2 saturated heterocycles. The van der Waals surface area contributed by atoms with Crippen LogP contribution in [0.2, 0.25) is 0 Å². The third-order valence-electron chi connectivity index (χ3n) is 6.28. The number of carbonyl (C=O) groups excluding carboxylic acids is 1. The van der Waals surface area contributed by atoms with Crippen LogP contribution in [0.5, 0.6) is 0 Å². The molecule has 0 aliphatic carbocycles. The number of carbonyl (C=O) groups is 1. The fraction of sp³-hybridized carbons (Fsp3) is 0.478. The van der Waals surface area contributed by atoms with Crippen LogP contribution in [0.25, 0.3) is 0 Å². The van der Waals surface area contributed by atoms with Crippen molar-refractivity contribution in [2.45, 2.75) is 27.7 Å². The molecule has 172 valence electrons. The number of halogens is 1. The third-order valence-corrected chi connectivity index (χ3v) is 8.30. The number of aryl methyl sites for hydroxylation is 3. The fourth-order valence-corrected chi connectivity index (χ4v) is 6.36. The Labute approximate surface area is 188 Å². The van der Waals surface area contributed by atoms with E-state index < -0.39 is 15.8 Å². The lowest BCUT2D eigenvalue weighted by Crippen LogP contribution is -2.49. The summed E-state index contributed by atoms with van der Waals surface area (Å²) in [5.41, 5.74) is 3.47. The standard InChI is InChI=1S/C23H29FN4O3S/c1-15-13-28(32(30,31)14-15)19-5-6-20(21(24)12-19)23(29)27-9-7-26(8-10-27)22-17(3)11-16(2)18(4)25-22/h5-6,11-12,15H,7-10,13-14H2,1-4H3/t15-/m0/s1. The van der Waals surface area contributed by atoms with Gasteiger partial charge in [-0.3, -0.25) is 9.10 Å². The molecular weight excluding hydrogens is 431 g/mol. The minimum absolute atomic E-state index is 0.0175. The molecule has 1 atom stereocenters. The molecule has 0 N–H and O–H groups in total. The summed E-state index contributed by atoms with van der Waals surface area (Å²) >= 11 is 0. The van der Waals surface area contributed by atoms with Crippen LogP contribution in [-0.2, 0) is 10.0 Å². The SMILES string of the molecule is Cc1cc(C)c(N2CCN(C(=O)c3ccc(N4C[C@H](C)CS4(=O)=O)cc3F)CC2)nc1C. The molecule has 2 aliphatic rings. The second-order valence-electron chi connectivity index (χ2n) is 8.89. The van der Waals surface area contributed by atoms with Crippen molar-refractivity contribution in [3.63, 3.8) is 0 Å². The van der Waals surface area contributed by atoms with Crippen molar-refractivity contribution in [1.82, 2.24) is 9.88 Å². The molecule has 2 fully saturated rings. The molecule has 0 bridgehead atoms. The van der Waals surface area contributed by atoms with E-state index in [4.69, 9.17) is 4.98 Å². The lowest BCUT2D eigenvalue weighted by atomic mass is 10.1. The number of piperazine rings is 1. The first kappa shape index (κ1) is 22.5. The molecule has 0 unspecified atom stereocenters. The predicted octanol–water partition coefficient (Wildman–Crippen LogP) is 2.89. The highest BCUT2D eigenvalue weighted by Gasteiger charge is 2.34. The maximum absolute atomic E-state index is 14.8. The zero-order valence-corrected chi connectivity index (χ0v) is 19.7. The van der Waals surface area contributed by atoms with E-state index in [1.54, 1.807) is 4.90 Å². The van der Waals surface area contributed by atoms with Crippen LogP contribution in [0.1, 0.15) is 34.1 Å². The summed E-state index contributed by atoms with van der Waals surface area (Å²) in [5, 5.41) is 0. The number of amides is 1. The molecule has 0 saturated carbocycles. The van der Waals surface area contributed by atoms with Crippen LogP contribution in [0.15, 0.2) is 24.3 Å². The van der Waals surface area contributed by atoms with Crippen molar-refractivity contribution in [2.24, 2.45) is 5.92 Å². The smallest absolute Gasteiger partial charge is 0.256 e. The summed E-state index contributed by atoms with van der Waals surface area (Å²) in [6, 6.07) is 6.19. The molecule has 1 amide bonds. The number of sulfonamides is 1. The first-order valence-corrected chi connectivity index (χ1v) is 12.5. The zero-order valence-electron chi connectivity index (χ0n) is 18.9. The first-order valence-electron chi connectivity index (χ1n) is 10.9. The van der Waals surface area contributed by atoms with Crippen LogP contribution in [0.4, 0.5) is 15.9 Å². The molecule has 2 aromatic rings. The summed E-state index contributed by atoms with van der Waals surface area (Å²) in [5.74, 6) is -0.116. The topological polar surface area (TPSA) is 73.8 Å². The molecule has 0 spiro atoms. The summed E-state index contributed by atoms with van der Waals surface area (Å²) in [4.78, 5) is 21.5. The Morgan fingerprint density at radius 2 is 1.75 bits per heavy atom. The van der Waals surface area contributed by atoms with E-state index in [-0.39, 0.29) is 28.8 Å². The highest BCUT2D eigenvalue weighted by molar-refractivity contribution is 7.93. The monoisotopic (exact) mass is 460 g/mol. The molecule has 4 rings (SSSR count). The van der Waals surface area contributed by atoms with E-state index in [2.05, 4.69) is 11.0 Å². The van der Waals surface area contributed by atoms with Gasteiger partial charge in [-0.05, 0) is 56.0 Å². The molecule has 32 heavy (non-hydrogen) atoms. The Kier molecular flexibility index (Phi) is 5.87. The summed E-state index contributed by atoms with van der Waals surface area (Å²) in [6.45, 7) is 10.4. The number of benzene rings is 1. The minimum Gasteiger partial charge on any atom is -0.353 e. The van der Waals surface area contributed by atoms with Crippen molar-refractivity contribution in [3.05, 3.63) is 52.5 Å². The van der Waals surface area contributed by atoms with Crippen LogP contribution in [-0.4, -0.2) is 62.7 Å². The van der Waals surface area contributed by atoms with Crippen LogP contribution < -0.4 is 9.21 Å². The van der Waals surface area contributed by atoms with E-state index in [0.717, 1.165) is 28.7 Å². The lowest BCUT2D eigenvalue weighted by Gasteiger charge is -2.36.